The van der Waals surface area contributed by atoms with Gasteiger partial charge in [0.2, 0.25) is 0 Å². The molecule has 0 aliphatic carbocycles. The quantitative estimate of drug-likeness (QED) is 0.403. The first-order valence-electron chi connectivity index (χ1n) is 8.25. The van der Waals surface area contributed by atoms with Crippen molar-refractivity contribution < 1.29 is 9.72 Å². The van der Waals surface area contributed by atoms with Crippen molar-refractivity contribution >= 4 is 11.6 Å². The van der Waals surface area contributed by atoms with E-state index in [-0.39, 0.29) is 11.6 Å². The molecule has 0 radical (unpaired) electrons. The van der Waals surface area contributed by atoms with Gasteiger partial charge in [0.15, 0.2) is 0 Å². The molecular formula is C19H18N4O3. The first kappa shape index (κ1) is 17.3. The number of rotatable bonds is 7. The number of nitrogens with zero attached hydrogens (tertiary/aromatic N) is 3. The fourth-order valence-corrected chi connectivity index (χ4v) is 2.55. The molecule has 1 heterocycles. The van der Waals surface area contributed by atoms with E-state index >= 15 is 0 Å². The van der Waals surface area contributed by atoms with Crippen LogP contribution in [0.3, 0.4) is 0 Å². The highest BCUT2D eigenvalue weighted by molar-refractivity contribution is 5.93. The molecule has 3 aromatic rings. The van der Waals surface area contributed by atoms with Gasteiger partial charge in [0.25, 0.3) is 11.6 Å². The van der Waals surface area contributed by atoms with E-state index in [0.29, 0.717) is 17.8 Å². The van der Waals surface area contributed by atoms with Crippen LogP contribution in [0.5, 0.6) is 0 Å². The number of aromatic nitrogens is 2. The number of nitro groups is 1. The maximum absolute atomic E-state index is 12.2. The number of nitrogens with one attached hydrogen (secondary N) is 1. The molecule has 1 aromatic heterocycles. The van der Waals surface area contributed by atoms with Crippen molar-refractivity contribution in [1.29, 1.82) is 0 Å². The lowest BCUT2D eigenvalue weighted by Crippen LogP contribution is -2.24. The molecule has 0 saturated carbocycles. The number of benzene rings is 2. The van der Waals surface area contributed by atoms with Gasteiger partial charge < -0.3 is 5.32 Å². The number of amides is 1. The smallest absolute Gasteiger partial charge is 0.269 e. The average molecular weight is 350 g/mol. The lowest BCUT2D eigenvalue weighted by molar-refractivity contribution is -0.384. The number of hydrogen-bond donors (Lipinski definition) is 1. The molecule has 0 saturated heterocycles. The minimum absolute atomic E-state index is 0.0114. The largest absolute Gasteiger partial charge is 0.352 e. The van der Waals surface area contributed by atoms with Crippen molar-refractivity contribution in [2.75, 3.05) is 6.54 Å². The fraction of sp³-hybridized carbons (Fsp3) is 0.158. The maximum atomic E-state index is 12.2. The van der Waals surface area contributed by atoms with Gasteiger partial charge in [0, 0.05) is 24.9 Å². The molecule has 7 heteroatoms. The van der Waals surface area contributed by atoms with E-state index in [1.165, 1.54) is 28.6 Å². The number of aryl methyl sites for hydroxylation is 1. The Morgan fingerprint density at radius 3 is 2.54 bits per heavy atom. The van der Waals surface area contributed by atoms with Crippen molar-refractivity contribution in [1.82, 2.24) is 15.1 Å². The number of nitro benzene ring substituents is 1. The number of carbonyl (C=O) groups is 1. The summed E-state index contributed by atoms with van der Waals surface area (Å²) in [5, 5.41) is 17.7. The first-order chi connectivity index (χ1) is 12.6. The second kappa shape index (κ2) is 8.06. The molecule has 0 fully saturated rings. The van der Waals surface area contributed by atoms with E-state index in [4.69, 9.17) is 0 Å². The summed E-state index contributed by atoms with van der Waals surface area (Å²) in [5.41, 5.74) is 2.35. The predicted molar refractivity (Wildman–Crippen MR) is 97.3 cm³/mol. The first-order valence-corrected chi connectivity index (χ1v) is 8.25. The van der Waals surface area contributed by atoms with E-state index in [2.05, 4.69) is 22.5 Å². The zero-order valence-electron chi connectivity index (χ0n) is 14.0. The summed E-state index contributed by atoms with van der Waals surface area (Å²) in [6.07, 6.45) is 4.84. The summed E-state index contributed by atoms with van der Waals surface area (Å²) in [6, 6.07) is 16.1. The second-order valence-corrected chi connectivity index (χ2v) is 5.79. The normalized spacial score (nSPS) is 10.5. The molecule has 26 heavy (non-hydrogen) atoms. The molecule has 0 spiro atoms. The fourth-order valence-electron chi connectivity index (χ4n) is 2.55. The van der Waals surface area contributed by atoms with Crippen LogP contribution in [-0.4, -0.2) is 27.2 Å². The van der Waals surface area contributed by atoms with Crippen molar-refractivity contribution in [3.8, 4) is 5.69 Å². The van der Waals surface area contributed by atoms with Gasteiger partial charge in [-0.05, 0) is 30.5 Å². The lowest BCUT2D eigenvalue weighted by Gasteiger charge is -2.04. The molecular weight excluding hydrogens is 332 g/mol. The minimum Gasteiger partial charge on any atom is -0.352 e. The summed E-state index contributed by atoms with van der Waals surface area (Å²) in [4.78, 5) is 22.4. The van der Waals surface area contributed by atoms with E-state index < -0.39 is 4.92 Å². The Bertz CT molecular complexity index is 889. The Morgan fingerprint density at radius 1 is 1.12 bits per heavy atom. The summed E-state index contributed by atoms with van der Waals surface area (Å²) in [5.74, 6) is -0.189. The van der Waals surface area contributed by atoms with Crippen LogP contribution >= 0.6 is 0 Å². The van der Waals surface area contributed by atoms with Gasteiger partial charge in [-0.25, -0.2) is 4.68 Å². The third-order valence-corrected chi connectivity index (χ3v) is 3.94. The van der Waals surface area contributed by atoms with Crippen LogP contribution in [0.25, 0.3) is 5.69 Å². The van der Waals surface area contributed by atoms with Gasteiger partial charge in [0.05, 0.1) is 22.4 Å². The Balaban J connectivity index is 1.53. The molecule has 0 atom stereocenters. The van der Waals surface area contributed by atoms with Crippen molar-refractivity contribution in [3.05, 3.63) is 88.2 Å². The van der Waals surface area contributed by atoms with Crippen molar-refractivity contribution in [3.63, 3.8) is 0 Å². The monoisotopic (exact) mass is 350 g/mol. The Labute approximate surface area is 150 Å². The number of non-ortho nitro benzene ring substituents is 1. The summed E-state index contributed by atoms with van der Waals surface area (Å²) < 4.78 is 1.52. The Morgan fingerprint density at radius 2 is 1.85 bits per heavy atom. The van der Waals surface area contributed by atoms with Crippen LogP contribution < -0.4 is 5.32 Å². The van der Waals surface area contributed by atoms with Gasteiger partial charge in [-0.15, -0.1) is 0 Å². The average Bonchev–Trinajstić information content (AvgIpc) is 3.16. The van der Waals surface area contributed by atoms with Crippen LogP contribution in [0, 0.1) is 10.1 Å². The van der Waals surface area contributed by atoms with Gasteiger partial charge in [0.1, 0.15) is 0 Å². The Hall–Kier alpha value is -3.48. The van der Waals surface area contributed by atoms with Gasteiger partial charge >= 0.3 is 0 Å². The number of carbonyl (C=O) groups excluding carboxylic acids is 1. The van der Waals surface area contributed by atoms with Crippen molar-refractivity contribution in [2.24, 2.45) is 0 Å². The van der Waals surface area contributed by atoms with Crippen LogP contribution in [0.4, 0.5) is 5.69 Å². The SMILES string of the molecule is O=C(NCCCc1ccccc1)c1cnn(-c2ccc([N+](=O)[O-])cc2)c1. The molecule has 0 aliphatic rings. The minimum atomic E-state index is -0.457. The standard InChI is InChI=1S/C19H18N4O3/c24-19(20-12-4-7-15-5-2-1-3-6-15)16-13-21-22(14-16)17-8-10-18(11-9-17)23(25)26/h1-3,5-6,8-11,13-14H,4,7,12H2,(H,20,24). The highest BCUT2D eigenvalue weighted by Gasteiger charge is 2.10. The summed E-state index contributed by atoms with van der Waals surface area (Å²) in [6.45, 7) is 0.580. The van der Waals surface area contributed by atoms with Crippen LogP contribution in [0.1, 0.15) is 22.3 Å². The highest BCUT2D eigenvalue weighted by atomic mass is 16.6. The van der Waals surface area contributed by atoms with E-state index in [1.807, 2.05) is 18.2 Å². The zero-order chi connectivity index (χ0) is 18.4. The van der Waals surface area contributed by atoms with Crippen molar-refractivity contribution in [2.45, 2.75) is 12.8 Å². The second-order valence-electron chi connectivity index (χ2n) is 5.79. The van der Waals surface area contributed by atoms with Crippen LogP contribution in [0.15, 0.2) is 67.0 Å². The van der Waals surface area contributed by atoms with Gasteiger partial charge in [-0.1, -0.05) is 30.3 Å². The molecule has 1 amide bonds. The number of hydrogen-bond acceptors (Lipinski definition) is 4. The lowest BCUT2D eigenvalue weighted by atomic mass is 10.1. The zero-order valence-corrected chi connectivity index (χ0v) is 14.0. The topological polar surface area (TPSA) is 90.1 Å². The molecule has 3 rings (SSSR count). The van der Waals surface area contributed by atoms with E-state index in [9.17, 15) is 14.9 Å². The highest BCUT2D eigenvalue weighted by Crippen LogP contribution is 2.15. The molecule has 7 nitrogen and oxygen atoms in total. The van der Waals surface area contributed by atoms with Crippen LogP contribution in [0.2, 0.25) is 0 Å². The third kappa shape index (κ3) is 4.32. The maximum Gasteiger partial charge on any atom is 0.269 e. The van der Waals surface area contributed by atoms with Gasteiger partial charge in [-0.2, -0.15) is 5.10 Å². The molecule has 1 N–H and O–H groups in total. The predicted octanol–water partition coefficient (Wildman–Crippen LogP) is 3.14. The Kier molecular flexibility index (Phi) is 5.38. The molecule has 132 valence electrons. The summed E-state index contributed by atoms with van der Waals surface area (Å²) in [7, 11) is 0. The molecule has 0 aliphatic heterocycles. The van der Waals surface area contributed by atoms with E-state index in [1.54, 1.807) is 18.3 Å². The van der Waals surface area contributed by atoms with Gasteiger partial charge in [-0.3, -0.25) is 14.9 Å². The molecule has 2 aromatic carbocycles. The summed E-state index contributed by atoms with van der Waals surface area (Å²) >= 11 is 0. The molecule has 0 bridgehead atoms. The molecule has 0 unspecified atom stereocenters. The third-order valence-electron chi connectivity index (χ3n) is 3.94. The van der Waals surface area contributed by atoms with Crippen LogP contribution in [-0.2, 0) is 6.42 Å². The van der Waals surface area contributed by atoms with E-state index in [0.717, 1.165) is 12.8 Å².